The van der Waals surface area contributed by atoms with Gasteiger partial charge in [0.15, 0.2) is 0 Å². The van der Waals surface area contributed by atoms with Crippen molar-refractivity contribution in [2.75, 3.05) is 12.4 Å². The van der Waals surface area contributed by atoms with Crippen molar-refractivity contribution < 1.29 is 0 Å². The average molecular weight is 125 g/mol. The molecule has 0 spiro atoms. The number of nitrogens with zero attached hydrogens (tertiary/aromatic N) is 2. The van der Waals surface area contributed by atoms with E-state index in [1.165, 1.54) is 0 Å². The molecule has 0 aliphatic heterocycles. The molecule has 0 saturated heterocycles. The van der Waals surface area contributed by atoms with E-state index in [4.69, 9.17) is 0 Å². The summed E-state index contributed by atoms with van der Waals surface area (Å²) < 4.78 is 1.95. The number of hydrogen-bond donors (Lipinski definition) is 1. The fourth-order valence-electron chi connectivity index (χ4n) is 0.905. The number of nitrogens with one attached hydrogen (secondary N) is 1. The average Bonchev–Trinajstić information content (AvgIpc) is 2.12. The summed E-state index contributed by atoms with van der Waals surface area (Å²) >= 11 is 0. The van der Waals surface area contributed by atoms with Crippen molar-refractivity contribution in [1.82, 2.24) is 9.55 Å². The Bertz CT molecular complexity index is 183. The van der Waals surface area contributed by atoms with Gasteiger partial charge in [0, 0.05) is 14.1 Å². The second-order valence-electron chi connectivity index (χ2n) is 2.04. The summed E-state index contributed by atoms with van der Waals surface area (Å²) in [4.78, 5) is 4.09. The number of hydrogen-bond acceptors (Lipinski definition) is 2. The molecule has 1 aromatic rings. The molecule has 1 aromatic heterocycles. The van der Waals surface area contributed by atoms with Gasteiger partial charge in [-0.1, -0.05) is 0 Å². The predicted molar refractivity (Wildman–Crippen MR) is 37.5 cm³/mol. The van der Waals surface area contributed by atoms with Gasteiger partial charge in [0.05, 0.1) is 12.0 Å². The maximum atomic E-state index is 4.09. The zero-order chi connectivity index (χ0) is 6.85. The molecule has 1 N–H and O–H groups in total. The first-order valence-electron chi connectivity index (χ1n) is 2.91. The van der Waals surface area contributed by atoms with Crippen LogP contribution < -0.4 is 5.32 Å². The third-order valence-corrected chi connectivity index (χ3v) is 1.36. The molecule has 1 rings (SSSR count). The van der Waals surface area contributed by atoms with Crippen molar-refractivity contribution in [1.29, 1.82) is 0 Å². The molecule has 0 atom stereocenters. The molecule has 0 aliphatic rings. The second kappa shape index (κ2) is 2.09. The van der Waals surface area contributed by atoms with Crippen LogP contribution in [-0.4, -0.2) is 16.6 Å². The molecule has 1 heterocycles. The molecule has 0 radical (unpaired) electrons. The SMILES string of the molecule is CNc1c(C)ncn1C. The highest BCUT2D eigenvalue weighted by atomic mass is 15.1. The molecule has 0 unspecified atom stereocenters. The summed E-state index contributed by atoms with van der Waals surface area (Å²) in [5, 5.41) is 3.04. The molecule has 0 saturated carbocycles. The Hall–Kier alpha value is -0.990. The minimum atomic E-state index is 1.04. The van der Waals surface area contributed by atoms with Crippen molar-refractivity contribution in [2.45, 2.75) is 6.92 Å². The standard InChI is InChI=1S/C6H11N3/c1-5-6(7-2)9(3)4-8-5/h4,7H,1-3H3. The van der Waals surface area contributed by atoms with Crippen LogP contribution in [0.2, 0.25) is 0 Å². The molecule has 9 heavy (non-hydrogen) atoms. The number of aryl methyl sites for hydroxylation is 2. The van der Waals surface area contributed by atoms with Crippen LogP contribution in [0.3, 0.4) is 0 Å². The van der Waals surface area contributed by atoms with Gasteiger partial charge >= 0.3 is 0 Å². The van der Waals surface area contributed by atoms with E-state index in [1.54, 1.807) is 6.33 Å². The highest BCUT2D eigenvalue weighted by molar-refractivity contribution is 5.39. The van der Waals surface area contributed by atoms with Crippen LogP contribution in [0.1, 0.15) is 5.69 Å². The minimum absolute atomic E-state index is 1.04. The fraction of sp³-hybridized carbons (Fsp3) is 0.500. The van der Waals surface area contributed by atoms with Gasteiger partial charge in [-0.05, 0) is 6.92 Å². The number of imidazole rings is 1. The summed E-state index contributed by atoms with van der Waals surface area (Å²) in [7, 11) is 3.86. The molecular formula is C6H11N3. The minimum Gasteiger partial charge on any atom is -0.373 e. The smallest absolute Gasteiger partial charge is 0.128 e. The summed E-state index contributed by atoms with van der Waals surface area (Å²) in [6.45, 7) is 1.98. The topological polar surface area (TPSA) is 29.9 Å². The van der Waals surface area contributed by atoms with Crippen LogP contribution in [-0.2, 0) is 7.05 Å². The van der Waals surface area contributed by atoms with Crippen molar-refractivity contribution >= 4 is 5.82 Å². The van der Waals surface area contributed by atoms with Gasteiger partial charge in [0.25, 0.3) is 0 Å². The summed E-state index contributed by atoms with van der Waals surface area (Å²) in [6.07, 6.45) is 1.79. The lowest BCUT2D eigenvalue weighted by Gasteiger charge is -1.99. The van der Waals surface area contributed by atoms with E-state index in [0.29, 0.717) is 0 Å². The molecular weight excluding hydrogens is 114 g/mol. The van der Waals surface area contributed by atoms with Crippen molar-refractivity contribution in [3.63, 3.8) is 0 Å². The van der Waals surface area contributed by atoms with Gasteiger partial charge in [-0.15, -0.1) is 0 Å². The third-order valence-electron chi connectivity index (χ3n) is 1.36. The zero-order valence-corrected chi connectivity index (χ0v) is 5.97. The van der Waals surface area contributed by atoms with Crippen molar-refractivity contribution in [2.24, 2.45) is 7.05 Å². The molecule has 0 bridgehead atoms. The highest BCUT2D eigenvalue weighted by Crippen LogP contribution is 2.08. The molecule has 3 nitrogen and oxygen atoms in total. The van der Waals surface area contributed by atoms with Crippen LogP contribution >= 0.6 is 0 Å². The van der Waals surface area contributed by atoms with Crippen LogP contribution in [0.25, 0.3) is 0 Å². The number of aromatic nitrogens is 2. The van der Waals surface area contributed by atoms with E-state index in [2.05, 4.69) is 10.3 Å². The first kappa shape index (κ1) is 6.13. The van der Waals surface area contributed by atoms with Gasteiger partial charge < -0.3 is 9.88 Å². The van der Waals surface area contributed by atoms with E-state index in [0.717, 1.165) is 11.5 Å². The van der Waals surface area contributed by atoms with E-state index in [-0.39, 0.29) is 0 Å². The molecule has 0 amide bonds. The normalized spacial score (nSPS) is 9.67. The van der Waals surface area contributed by atoms with Gasteiger partial charge in [-0.2, -0.15) is 0 Å². The fourth-order valence-corrected chi connectivity index (χ4v) is 0.905. The molecule has 50 valence electrons. The van der Waals surface area contributed by atoms with Crippen LogP contribution in [0.5, 0.6) is 0 Å². The lowest BCUT2D eigenvalue weighted by atomic mass is 10.5. The van der Waals surface area contributed by atoms with E-state index in [1.807, 2.05) is 25.6 Å². The van der Waals surface area contributed by atoms with Gasteiger partial charge in [0.2, 0.25) is 0 Å². The van der Waals surface area contributed by atoms with Crippen LogP contribution in [0, 0.1) is 6.92 Å². The molecule has 0 aliphatic carbocycles. The molecule has 0 fully saturated rings. The van der Waals surface area contributed by atoms with E-state index >= 15 is 0 Å². The Morgan fingerprint density at radius 2 is 2.33 bits per heavy atom. The van der Waals surface area contributed by atoms with E-state index in [9.17, 15) is 0 Å². The van der Waals surface area contributed by atoms with E-state index < -0.39 is 0 Å². The lowest BCUT2D eigenvalue weighted by Crippen LogP contribution is -1.96. The maximum Gasteiger partial charge on any atom is 0.128 e. The third kappa shape index (κ3) is 0.896. The Labute approximate surface area is 54.7 Å². The van der Waals surface area contributed by atoms with Gasteiger partial charge in [0.1, 0.15) is 5.82 Å². The highest BCUT2D eigenvalue weighted by Gasteiger charge is 1.98. The van der Waals surface area contributed by atoms with Gasteiger partial charge in [-0.3, -0.25) is 0 Å². The summed E-state index contributed by atoms with van der Waals surface area (Å²) in [5.74, 6) is 1.08. The summed E-state index contributed by atoms with van der Waals surface area (Å²) in [6, 6.07) is 0. The predicted octanol–water partition coefficient (Wildman–Crippen LogP) is 0.770. The van der Waals surface area contributed by atoms with Crippen molar-refractivity contribution in [3.8, 4) is 0 Å². The van der Waals surface area contributed by atoms with Crippen molar-refractivity contribution in [3.05, 3.63) is 12.0 Å². The quantitative estimate of drug-likeness (QED) is 0.600. The second-order valence-corrected chi connectivity index (χ2v) is 2.04. The van der Waals surface area contributed by atoms with Crippen LogP contribution in [0.15, 0.2) is 6.33 Å². The summed E-state index contributed by atoms with van der Waals surface area (Å²) in [5.41, 5.74) is 1.04. The Balaban J connectivity index is 3.07. The lowest BCUT2D eigenvalue weighted by molar-refractivity contribution is 0.917. The zero-order valence-electron chi connectivity index (χ0n) is 5.97. The largest absolute Gasteiger partial charge is 0.373 e. The number of rotatable bonds is 1. The Morgan fingerprint density at radius 1 is 1.67 bits per heavy atom. The first-order chi connectivity index (χ1) is 4.25. The maximum absolute atomic E-state index is 4.09. The number of anilines is 1. The Morgan fingerprint density at radius 3 is 2.56 bits per heavy atom. The first-order valence-corrected chi connectivity index (χ1v) is 2.91. The molecule has 3 heteroatoms. The Kier molecular flexibility index (Phi) is 1.42. The molecule has 0 aromatic carbocycles. The van der Waals surface area contributed by atoms with Gasteiger partial charge in [-0.25, -0.2) is 4.98 Å². The monoisotopic (exact) mass is 125 g/mol. The van der Waals surface area contributed by atoms with Crippen LogP contribution in [0.4, 0.5) is 5.82 Å².